The Bertz CT molecular complexity index is 829. The van der Waals surface area contributed by atoms with E-state index in [-0.39, 0.29) is 0 Å². The lowest BCUT2D eigenvalue weighted by molar-refractivity contribution is 0.532. The predicted molar refractivity (Wildman–Crippen MR) is 98.0 cm³/mol. The third-order valence-corrected chi connectivity index (χ3v) is 4.42. The molecule has 23 heavy (non-hydrogen) atoms. The van der Waals surface area contributed by atoms with E-state index in [1.54, 1.807) is 0 Å². The van der Waals surface area contributed by atoms with Crippen LogP contribution in [0.2, 0.25) is 0 Å². The molecular weight excluding hydrogens is 282 g/mol. The Morgan fingerprint density at radius 3 is 2.43 bits per heavy atom. The molecule has 2 aromatic carbocycles. The fourth-order valence-electron chi connectivity index (χ4n) is 2.55. The van der Waals surface area contributed by atoms with Crippen molar-refractivity contribution >= 4 is 17.2 Å². The summed E-state index contributed by atoms with van der Waals surface area (Å²) in [6, 6.07) is 17.0. The Labute approximate surface area is 137 Å². The van der Waals surface area contributed by atoms with Crippen LogP contribution >= 0.6 is 0 Å². The molecule has 0 aliphatic carbocycles. The van der Waals surface area contributed by atoms with Crippen LogP contribution in [0.5, 0.6) is 0 Å². The molecule has 0 saturated heterocycles. The van der Waals surface area contributed by atoms with Gasteiger partial charge in [0.2, 0.25) is 0 Å². The summed E-state index contributed by atoms with van der Waals surface area (Å²) in [5.74, 6) is 1.43. The van der Waals surface area contributed by atoms with Crippen LogP contribution in [0.4, 0.5) is 0 Å². The van der Waals surface area contributed by atoms with Gasteiger partial charge in [0.05, 0.1) is 17.2 Å². The number of imidazole rings is 1. The maximum absolute atomic E-state index is 4.83. The highest BCUT2D eigenvalue weighted by atomic mass is 15.1. The summed E-state index contributed by atoms with van der Waals surface area (Å²) in [6.07, 6.45) is 1.90. The first-order valence-corrected chi connectivity index (χ1v) is 8.12. The summed E-state index contributed by atoms with van der Waals surface area (Å²) in [5, 5.41) is 0. The lowest BCUT2D eigenvalue weighted by Gasteiger charge is -2.08. The summed E-state index contributed by atoms with van der Waals surface area (Å²) in [6.45, 7) is 6.51. The van der Waals surface area contributed by atoms with Crippen LogP contribution in [0.15, 0.2) is 53.5 Å². The normalized spacial score (nSPS) is 13.3. The molecule has 3 heteroatoms. The van der Waals surface area contributed by atoms with Crippen molar-refractivity contribution in [3.8, 4) is 11.1 Å². The molecule has 1 aromatic heterocycles. The van der Waals surface area contributed by atoms with E-state index in [0.717, 1.165) is 22.4 Å². The topological polar surface area (TPSA) is 30.2 Å². The maximum atomic E-state index is 4.83. The van der Waals surface area contributed by atoms with Gasteiger partial charge in [0.25, 0.3) is 0 Å². The number of nitrogens with zero attached hydrogens (tertiary/aromatic N) is 3. The average molecular weight is 305 g/mol. The standard InChI is InChI=1S/C20H23N3/c1-14(2)15(3)21-13-19-22-20-17(16-9-6-5-7-10-16)11-8-12-18(20)23(19)4/h5-15H,1-4H3. The van der Waals surface area contributed by atoms with E-state index in [1.165, 1.54) is 5.56 Å². The van der Waals surface area contributed by atoms with Crippen LogP contribution in [0.1, 0.15) is 26.6 Å². The monoisotopic (exact) mass is 305 g/mol. The quantitative estimate of drug-likeness (QED) is 0.642. The van der Waals surface area contributed by atoms with Crippen LogP contribution in [0.3, 0.4) is 0 Å². The highest BCUT2D eigenvalue weighted by molar-refractivity contribution is 5.95. The molecule has 3 nitrogen and oxygen atoms in total. The summed E-state index contributed by atoms with van der Waals surface area (Å²) in [5.41, 5.74) is 4.51. The zero-order valence-electron chi connectivity index (χ0n) is 14.2. The minimum atomic E-state index is 0.295. The summed E-state index contributed by atoms with van der Waals surface area (Å²) >= 11 is 0. The van der Waals surface area contributed by atoms with Crippen molar-refractivity contribution < 1.29 is 0 Å². The van der Waals surface area contributed by atoms with Gasteiger partial charge in [-0.05, 0) is 24.5 Å². The largest absolute Gasteiger partial charge is 0.326 e. The van der Waals surface area contributed by atoms with Crippen molar-refractivity contribution in [2.24, 2.45) is 18.0 Å². The Hall–Kier alpha value is -2.42. The fraction of sp³-hybridized carbons (Fsp3) is 0.300. The van der Waals surface area contributed by atoms with Crippen molar-refractivity contribution in [2.75, 3.05) is 0 Å². The molecule has 0 spiro atoms. The zero-order valence-corrected chi connectivity index (χ0v) is 14.2. The Balaban J connectivity index is 2.08. The molecule has 0 fully saturated rings. The van der Waals surface area contributed by atoms with Gasteiger partial charge < -0.3 is 4.57 Å². The van der Waals surface area contributed by atoms with Crippen LogP contribution in [-0.4, -0.2) is 21.8 Å². The van der Waals surface area contributed by atoms with Gasteiger partial charge in [-0.1, -0.05) is 56.3 Å². The molecule has 3 rings (SSSR count). The van der Waals surface area contributed by atoms with Crippen LogP contribution in [-0.2, 0) is 7.05 Å². The zero-order chi connectivity index (χ0) is 16.4. The van der Waals surface area contributed by atoms with E-state index in [4.69, 9.17) is 4.98 Å². The van der Waals surface area contributed by atoms with Crippen molar-refractivity contribution in [3.63, 3.8) is 0 Å². The van der Waals surface area contributed by atoms with E-state index >= 15 is 0 Å². The second-order valence-corrected chi connectivity index (χ2v) is 6.33. The highest BCUT2D eigenvalue weighted by Gasteiger charge is 2.11. The highest BCUT2D eigenvalue weighted by Crippen LogP contribution is 2.28. The number of hydrogen-bond acceptors (Lipinski definition) is 2. The minimum Gasteiger partial charge on any atom is -0.326 e. The number of aryl methyl sites for hydroxylation is 1. The first kappa shape index (κ1) is 15.5. The number of hydrogen-bond donors (Lipinski definition) is 0. The lowest BCUT2D eigenvalue weighted by atomic mass is 10.0. The fourth-order valence-corrected chi connectivity index (χ4v) is 2.55. The lowest BCUT2D eigenvalue weighted by Crippen LogP contribution is -2.08. The molecule has 118 valence electrons. The van der Waals surface area contributed by atoms with Crippen molar-refractivity contribution in [3.05, 3.63) is 54.4 Å². The van der Waals surface area contributed by atoms with E-state index in [0.29, 0.717) is 12.0 Å². The smallest absolute Gasteiger partial charge is 0.151 e. The molecule has 0 aliphatic heterocycles. The van der Waals surface area contributed by atoms with Gasteiger partial charge in [0.15, 0.2) is 5.82 Å². The molecule has 0 N–H and O–H groups in total. The van der Waals surface area contributed by atoms with Crippen LogP contribution in [0, 0.1) is 5.92 Å². The van der Waals surface area contributed by atoms with Gasteiger partial charge in [-0.3, -0.25) is 4.99 Å². The minimum absolute atomic E-state index is 0.295. The Morgan fingerprint density at radius 2 is 1.74 bits per heavy atom. The van der Waals surface area contributed by atoms with Gasteiger partial charge in [0.1, 0.15) is 0 Å². The first-order valence-electron chi connectivity index (χ1n) is 8.12. The van der Waals surface area contributed by atoms with Crippen LogP contribution < -0.4 is 0 Å². The molecule has 3 aromatic rings. The van der Waals surface area contributed by atoms with Gasteiger partial charge >= 0.3 is 0 Å². The second-order valence-electron chi connectivity index (χ2n) is 6.33. The van der Waals surface area contributed by atoms with Gasteiger partial charge in [-0.15, -0.1) is 0 Å². The number of aromatic nitrogens is 2. The maximum Gasteiger partial charge on any atom is 0.151 e. The Kier molecular flexibility index (Phi) is 4.28. The average Bonchev–Trinajstić information content (AvgIpc) is 2.89. The summed E-state index contributed by atoms with van der Waals surface area (Å²) < 4.78 is 2.11. The van der Waals surface area contributed by atoms with Gasteiger partial charge in [0, 0.05) is 18.7 Å². The molecular formula is C20H23N3. The first-order chi connectivity index (χ1) is 11.1. The van der Waals surface area contributed by atoms with E-state index in [2.05, 4.69) is 72.8 Å². The molecule has 1 unspecified atom stereocenters. The molecule has 0 bridgehead atoms. The molecule has 0 saturated carbocycles. The number of fused-ring (bicyclic) bond motifs is 1. The van der Waals surface area contributed by atoms with E-state index < -0.39 is 0 Å². The van der Waals surface area contributed by atoms with Gasteiger partial charge in [-0.25, -0.2) is 4.98 Å². The molecule has 0 amide bonds. The van der Waals surface area contributed by atoms with E-state index in [9.17, 15) is 0 Å². The van der Waals surface area contributed by atoms with Gasteiger partial charge in [-0.2, -0.15) is 0 Å². The number of para-hydroxylation sites is 1. The third-order valence-electron chi connectivity index (χ3n) is 4.42. The van der Waals surface area contributed by atoms with Crippen molar-refractivity contribution in [1.82, 2.24) is 9.55 Å². The molecule has 1 heterocycles. The number of benzene rings is 2. The SMILES string of the molecule is CC(C)C(C)N=Cc1nc2c(-c3ccccc3)cccc2n1C. The van der Waals surface area contributed by atoms with Crippen molar-refractivity contribution in [1.29, 1.82) is 0 Å². The van der Waals surface area contributed by atoms with E-state index in [1.807, 2.05) is 19.3 Å². The number of aliphatic imine (C=N–C) groups is 1. The molecule has 0 radical (unpaired) electrons. The molecule has 1 atom stereocenters. The number of rotatable bonds is 4. The Morgan fingerprint density at radius 1 is 1.00 bits per heavy atom. The second kappa shape index (κ2) is 6.37. The van der Waals surface area contributed by atoms with Crippen LogP contribution in [0.25, 0.3) is 22.2 Å². The summed E-state index contributed by atoms with van der Waals surface area (Å²) in [4.78, 5) is 9.48. The van der Waals surface area contributed by atoms with Crippen molar-refractivity contribution in [2.45, 2.75) is 26.8 Å². The predicted octanol–water partition coefficient (Wildman–Crippen LogP) is 4.70. The summed E-state index contributed by atoms with van der Waals surface area (Å²) in [7, 11) is 2.05. The molecule has 0 aliphatic rings. The third kappa shape index (κ3) is 3.04.